The van der Waals surface area contributed by atoms with Gasteiger partial charge in [-0.25, -0.2) is 9.18 Å². The first-order chi connectivity index (χ1) is 8.63. The van der Waals surface area contributed by atoms with E-state index in [1.165, 1.54) is 19.2 Å². The number of rotatable bonds is 3. The highest BCUT2D eigenvalue weighted by Crippen LogP contribution is 2.47. The monoisotopic (exact) mass is 269 g/mol. The minimum atomic E-state index is -0.737. The summed E-state index contributed by atoms with van der Waals surface area (Å²) in [6.07, 6.45) is 4.82. The third kappa shape index (κ3) is 2.14. The van der Waals surface area contributed by atoms with Crippen LogP contribution in [0.4, 0.5) is 4.39 Å². The molecule has 0 aliphatic heterocycles. The van der Waals surface area contributed by atoms with E-state index in [-0.39, 0.29) is 5.02 Å². The molecule has 0 radical (unpaired) electrons. The first kappa shape index (κ1) is 13.1. The Kier molecular flexibility index (Phi) is 3.69. The van der Waals surface area contributed by atoms with Crippen molar-refractivity contribution in [3.8, 4) is 5.75 Å². The molecule has 0 N–H and O–H groups in total. The van der Waals surface area contributed by atoms with Crippen LogP contribution in [0.3, 0.4) is 0 Å². The lowest BCUT2D eigenvalue weighted by Gasteiger charge is -2.25. The van der Waals surface area contributed by atoms with Gasteiger partial charge in [0.25, 0.3) is 0 Å². The second-order valence-corrected chi connectivity index (χ2v) is 4.82. The Labute approximate surface area is 110 Å². The maximum atomic E-state index is 13.5. The molecule has 0 heterocycles. The highest BCUT2D eigenvalue weighted by molar-refractivity contribution is 6.32. The second-order valence-electron chi connectivity index (χ2n) is 4.41. The van der Waals surface area contributed by atoms with Crippen LogP contribution < -0.4 is 4.74 Å². The summed E-state index contributed by atoms with van der Waals surface area (Å²) >= 11 is 5.97. The Morgan fingerprint density at radius 3 is 2.67 bits per heavy atom. The topological polar surface area (TPSA) is 38.7 Å². The molecule has 1 saturated carbocycles. The van der Waals surface area contributed by atoms with E-state index in [0.29, 0.717) is 24.2 Å². The van der Waals surface area contributed by atoms with Crippen molar-refractivity contribution in [3.63, 3.8) is 0 Å². The molecule has 1 aromatic rings. The molecule has 0 amide bonds. The van der Waals surface area contributed by atoms with Gasteiger partial charge in [0.1, 0.15) is 17.1 Å². The first-order valence-corrected chi connectivity index (χ1v) is 6.13. The summed E-state index contributed by atoms with van der Waals surface area (Å²) in [5, 5.41) is 0.194. The zero-order valence-electron chi connectivity index (χ0n) is 10.0. The Balaban J connectivity index is 2.64. The van der Waals surface area contributed by atoms with Crippen LogP contribution in [-0.4, -0.2) is 13.2 Å². The van der Waals surface area contributed by atoms with E-state index < -0.39 is 11.4 Å². The summed E-state index contributed by atoms with van der Waals surface area (Å²) in [6.45, 7) is 0. The lowest BCUT2D eigenvalue weighted by molar-refractivity contribution is 0.377. The normalized spacial score (nSPS) is 17.3. The number of halogens is 2. The molecule has 0 saturated heterocycles. The van der Waals surface area contributed by atoms with Crippen molar-refractivity contribution in [2.75, 3.05) is 7.11 Å². The van der Waals surface area contributed by atoms with Gasteiger partial charge in [-0.1, -0.05) is 24.4 Å². The Hall–Kier alpha value is -1.38. The SMILES string of the molecule is COc1c(Cl)cc(F)cc1C1(N=C=O)CCCC1. The van der Waals surface area contributed by atoms with Crippen LogP contribution >= 0.6 is 11.6 Å². The maximum absolute atomic E-state index is 13.5. The van der Waals surface area contributed by atoms with E-state index in [9.17, 15) is 9.18 Å². The van der Waals surface area contributed by atoms with Crippen molar-refractivity contribution >= 4 is 17.7 Å². The number of nitrogens with zero attached hydrogens (tertiary/aromatic N) is 1. The van der Waals surface area contributed by atoms with Crippen molar-refractivity contribution in [1.82, 2.24) is 0 Å². The van der Waals surface area contributed by atoms with Crippen molar-refractivity contribution in [2.45, 2.75) is 31.2 Å². The lowest BCUT2D eigenvalue weighted by atomic mass is 9.88. The molecule has 1 fully saturated rings. The Morgan fingerprint density at radius 1 is 1.44 bits per heavy atom. The molecule has 96 valence electrons. The molecule has 1 aromatic carbocycles. The molecule has 18 heavy (non-hydrogen) atoms. The van der Waals surface area contributed by atoms with Gasteiger partial charge >= 0.3 is 0 Å². The van der Waals surface area contributed by atoms with E-state index >= 15 is 0 Å². The first-order valence-electron chi connectivity index (χ1n) is 5.75. The lowest BCUT2D eigenvalue weighted by Crippen LogP contribution is -2.20. The fourth-order valence-electron chi connectivity index (χ4n) is 2.60. The van der Waals surface area contributed by atoms with Crippen molar-refractivity contribution in [3.05, 3.63) is 28.5 Å². The number of hydrogen-bond acceptors (Lipinski definition) is 3. The van der Waals surface area contributed by atoms with Crippen LogP contribution in [0.1, 0.15) is 31.2 Å². The molecule has 0 bridgehead atoms. The second kappa shape index (κ2) is 5.09. The third-order valence-electron chi connectivity index (χ3n) is 3.40. The molecule has 5 heteroatoms. The number of benzene rings is 1. The summed E-state index contributed by atoms with van der Waals surface area (Å²) in [6, 6.07) is 2.54. The minimum Gasteiger partial charge on any atom is -0.495 e. The largest absolute Gasteiger partial charge is 0.495 e. The summed E-state index contributed by atoms with van der Waals surface area (Å²) in [5.74, 6) is -0.0675. The summed E-state index contributed by atoms with van der Waals surface area (Å²) in [4.78, 5) is 14.6. The van der Waals surface area contributed by atoms with E-state index in [1.807, 2.05) is 0 Å². The standard InChI is InChI=1S/C13H13ClFNO2/c1-18-12-10(6-9(15)7-11(12)14)13(16-8-17)4-2-3-5-13/h6-7H,2-5H2,1H3. The molecule has 0 aromatic heterocycles. The van der Waals surface area contributed by atoms with Crippen LogP contribution in [0, 0.1) is 5.82 Å². The fourth-order valence-corrected chi connectivity index (χ4v) is 2.89. The van der Waals surface area contributed by atoms with Crippen LogP contribution in [0.5, 0.6) is 5.75 Å². The summed E-state index contributed by atoms with van der Waals surface area (Å²) in [7, 11) is 1.47. The van der Waals surface area contributed by atoms with Crippen molar-refractivity contribution < 1.29 is 13.9 Å². The van der Waals surface area contributed by atoms with Crippen molar-refractivity contribution in [2.24, 2.45) is 4.99 Å². The smallest absolute Gasteiger partial charge is 0.235 e. The molecule has 1 aliphatic carbocycles. The Bertz CT molecular complexity index is 506. The van der Waals surface area contributed by atoms with Gasteiger partial charge in [-0.2, -0.15) is 4.99 Å². The number of aliphatic imine (C=N–C) groups is 1. The van der Waals surface area contributed by atoms with Crippen LogP contribution in [0.15, 0.2) is 17.1 Å². The minimum absolute atomic E-state index is 0.194. The fraction of sp³-hybridized carbons (Fsp3) is 0.462. The average Bonchev–Trinajstić information content (AvgIpc) is 2.78. The van der Waals surface area contributed by atoms with Gasteiger partial charge < -0.3 is 4.74 Å². The summed E-state index contributed by atoms with van der Waals surface area (Å²) in [5.41, 5.74) is -0.199. The highest BCUT2D eigenvalue weighted by Gasteiger charge is 2.39. The quantitative estimate of drug-likeness (QED) is 0.621. The van der Waals surface area contributed by atoms with Gasteiger partial charge in [-0.05, 0) is 25.0 Å². The number of ether oxygens (including phenoxy) is 1. The number of isocyanates is 1. The zero-order valence-corrected chi connectivity index (χ0v) is 10.8. The zero-order chi connectivity index (χ0) is 13.2. The molecule has 0 spiro atoms. The third-order valence-corrected chi connectivity index (χ3v) is 3.68. The van der Waals surface area contributed by atoms with E-state index in [0.717, 1.165) is 12.8 Å². The van der Waals surface area contributed by atoms with Gasteiger partial charge in [0.2, 0.25) is 6.08 Å². The summed E-state index contributed by atoms with van der Waals surface area (Å²) < 4.78 is 18.8. The number of carbonyl (C=O) groups excluding carboxylic acids is 1. The molecule has 0 unspecified atom stereocenters. The average molecular weight is 270 g/mol. The predicted octanol–water partition coefficient (Wildman–Crippen LogP) is 3.59. The van der Waals surface area contributed by atoms with Gasteiger partial charge in [0.15, 0.2) is 0 Å². The molecular formula is C13H13ClFNO2. The van der Waals surface area contributed by atoms with Crippen molar-refractivity contribution in [1.29, 1.82) is 0 Å². The van der Waals surface area contributed by atoms with E-state index in [4.69, 9.17) is 16.3 Å². The van der Waals surface area contributed by atoms with E-state index in [2.05, 4.69) is 4.99 Å². The Morgan fingerprint density at radius 2 is 2.11 bits per heavy atom. The van der Waals surface area contributed by atoms with Crippen LogP contribution in [-0.2, 0) is 10.3 Å². The van der Waals surface area contributed by atoms with Gasteiger partial charge in [0, 0.05) is 5.56 Å². The molecule has 1 aliphatic rings. The maximum Gasteiger partial charge on any atom is 0.235 e. The number of methoxy groups -OCH3 is 1. The number of hydrogen-bond donors (Lipinski definition) is 0. The molecule has 3 nitrogen and oxygen atoms in total. The van der Waals surface area contributed by atoms with Gasteiger partial charge in [-0.15, -0.1) is 0 Å². The van der Waals surface area contributed by atoms with Gasteiger partial charge in [0.05, 0.1) is 12.1 Å². The molecule has 2 rings (SSSR count). The van der Waals surface area contributed by atoms with E-state index in [1.54, 1.807) is 6.08 Å². The van der Waals surface area contributed by atoms with Crippen LogP contribution in [0.2, 0.25) is 5.02 Å². The predicted molar refractivity (Wildman–Crippen MR) is 66.2 cm³/mol. The van der Waals surface area contributed by atoms with Crippen LogP contribution in [0.25, 0.3) is 0 Å². The molecule has 0 atom stereocenters. The highest BCUT2D eigenvalue weighted by atomic mass is 35.5. The van der Waals surface area contributed by atoms with Gasteiger partial charge in [-0.3, -0.25) is 0 Å². The molecular weight excluding hydrogens is 257 g/mol.